The van der Waals surface area contributed by atoms with Gasteiger partial charge >= 0.3 is 6.18 Å². The largest absolute Gasteiger partial charge is 0.416 e. The number of halogens is 3. The second kappa shape index (κ2) is 9.57. The van der Waals surface area contributed by atoms with Gasteiger partial charge in [-0.2, -0.15) is 13.2 Å². The number of rotatable bonds is 8. The minimum absolute atomic E-state index is 0.256. The Hall–Kier alpha value is -3.14. The smallest absolute Gasteiger partial charge is 0.297 e. The Kier molecular flexibility index (Phi) is 7.38. The molecule has 2 N–H and O–H groups in total. The van der Waals surface area contributed by atoms with E-state index in [1.165, 1.54) is 0 Å². The van der Waals surface area contributed by atoms with Crippen LogP contribution in [-0.2, 0) is 12.7 Å². The lowest BCUT2D eigenvalue weighted by atomic mass is 10.1. The molecule has 0 atom stereocenters. The van der Waals surface area contributed by atoms with E-state index < -0.39 is 28.3 Å². The van der Waals surface area contributed by atoms with Gasteiger partial charge < -0.3 is 0 Å². The zero-order chi connectivity index (χ0) is 22.5. The van der Waals surface area contributed by atoms with Crippen LogP contribution >= 0.6 is 0 Å². The third-order valence-electron chi connectivity index (χ3n) is 4.57. The molecule has 2 aromatic carbocycles. The molecule has 0 heterocycles. The molecule has 0 bridgehead atoms. The van der Waals surface area contributed by atoms with Crippen molar-refractivity contribution < 1.29 is 22.9 Å². The predicted octanol–water partition coefficient (Wildman–Crippen LogP) is 4.60. The number of hydrogen-bond acceptors (Lipinski definition) is 5. The fraction of sp³-hybridized carbons (Fsp3) is 0.350. The first kappa shape index (κ1) is 23.1. The molecule has 162 valence electrons. The van der Waals surface area contributed by atoms with Crippen LogP contribution in [0.2, 0.25) is 0 Å². The lowest BCUT2D eigenvalue weighted by molar-refractivity contribution is -0.384. The Morgan fingerprint density at radius 3 is 2.30 bits per heavy atom. The van der Waals surface area contributed by atoms with E-state index in [0.29, 0.717) is 23.7 Å². The van der Waals surface area contributed by atoms with Gasteiger partial charge in [-0.25, -0.2) is 0 Å². The maximum Gasteiger partial charge on any atom is 0.416 e. The average Bonchev–Trinajstić information content (AvgIpc) is 2.69. The summed E-state index contributed by atoms with van der Waals surface area (Å²) in [7, 11) is 0. The topological polar surface area (TPSA) is 87.5 Å². The molecule has 7 nitrogen and oxygen atoms in total. The van der Waals surface area contributed by atoms with Gasteiger partial charge in [0.25, 0.3) is 11.6 Å². The number of nitro benzene ring substituents is 1. The van der Waals surface area contributed by atoms with Gasteiger partial charge in [0.2, 0.25) is 0 Å². The normalized spacial score (nSPS) is 11.6. The van der Waals surface area contributed by atoms with E-state index in [2.05, 4.69) is 36.5 Å². The Bertz CT molecular complexity index is 899. The van der Waals surface area contributed by atoms with E-state index in [0.717, 1.165) is 24.7 Å². The van der Waals surface area contributed by atoms with Crippen LogP contribution in [0.1, 0.15) is 42.3 Å². The van der Waals surface area contributed by atoms with Crippen molar-refractivity contribution in [1.29, 1.82) is 0 Å². The molecule has 2 rings (SSSR count). The van der Waals surface area contributed by atoms with Crippen LogP contribution < -0.4 is 10.9 Å². The first-order chi connectivity index (χ1) is 14.0. The van der Waals surface area contributed by atoms with Crippen molar-refractivity contribution in [2.24, 2.45) is 0 Å². The molecule has 10 heteroatoms. The molecule has 0 aromatic heterocycles. The van der Waals surface area contributed by atoms with E-state index >= 15 is 0 Å². The number of alkyl halides is 3. The van der Waals surface area contributed by atoms with Crippen LogP contribution in [-0.4, -0.2) is 28.3 Å². The monoisotopic (exact) mass is 424 g/mol. The highest BCUT2D eigenvalue weighted by Gasteiger charge is 2.33. The van der Waals surface area contributed by atoms with Crippen molar-refractivity contribution in [3.8, 4) is 0 Å². The molecule has 1 amide bonds. The Labute approximate surface area is 172 Å². The van der Waals surface area contributed by atoms with Crippen LogP contribution in [0.15, 0.2) is 42.5 Å². The van der Waals surface area contributed by atoms with Gasteiger partial charge in [-0.15, -0.1) is 0 Å². The Morgan fingerprint density at radius 1 is 1.17 bits per heavy atom. The van der Waals surface area contributed by atoms with E-state index in [9.17, 15) is 28.1 Å². The standard InChI is InChI=1S/C20H23F3N4O3/c1-4-26(13(2)3)12-14-5-7-15(8-6-14)19(28)25-24-17-10-9-16(20(21,22)23)11-18(17)27(29)30/h5-11,13,24H,4,12H2,1-3H3,(H,25,28). The molecule has 0 unspecified atom stereocenters. The third kappa shape index (κ3) is 5.93. The van der Waals surface area contributed by atoms with E-state index in [1.54, 1.807) is 24.3 Å². The zero-order valence-corrected chi connectivity index (χ0v) is 16.8. The van der Waals surface area contributed by atoms with Gasteiger partial charge in [0.1, 0.15) is 5.69 Å². The number of anilines is 1. The molecule has 0 saturated heterocycles. The summed E-state index contributed by atoms with van der Waals surface area (Å²) in [6, 6.07) is 9.23. The van der Waals surface area contributed by atoms with Crippen LogP contribution in [0.5, 0.6) is 0 Å². The number of benzene rings is 2. The van der Waals surface area contributed by atoms with Gasteiger partial charge in [-0.1, -0.05) is 19.1 Å². The SMILES string of the molecule is CCN(Cc1ccc(C(=O)NNc2ccc(C(F)(F)F)cc2[N+](=O)[O-])cc1)C(C)C. The summed E-state index contributed by atoms with van der Waals surface area (Å²) in [6.07, 6.45) is -4.71. The maximum absolute atomic E-state index is 12.8. The summed E-state index contributed by atoms with van der Waals surface area (Å²) >= 11 is 0. The second-order valence-corrected chi connectivity index (χ2v) is 6.92. The lowest BCUT2D eigenvalue weighted by Crippen LogP contribution is -2.30. The Balaban J connectivity index is 2.08. The van der Waals surface area contributed by atoms with Gasteiger partial charge in [0.05, 0.1) is 10.5 Å². The van der Waals surface area contributed by atoms with Crippen LogP contribution in [0.25, 0.3) is 0 Å². The van der Waals surface area contributed by atoms with Gasteiger partial charge in [0, 0.05) is 24.2 Å². The van der Waals surface area contributed by atoms with Crippen molar-refractivity contribution in [1.82, 2.24) is 10.3 Å². The van der Waals surface area contributed by atoms with E-state index in [1.807, 2.05) is 0 Å². The first-order valence-electron chi connectivity index (χ1n) is 9.28. The second-order valence-electron chi connectivity index (χ2n) is 6.92. The minimum atomic E-state index is -4.71. The number of carbonyl (C=O) groups excluding carboxylic acids is 1. The first-order valence-corrected chi connectivity index (χ1v) is 9.28. The van der Waals surface area contributed by atoms with Crippen molar-refractivity contribution in [2.45, 2.75) is 39.5 Å². The fourth-order valence-electron chi connectivity index (χ4n) is 2.82. The van der Waals surface area contributed by atoms with Crippen molar-refractivity contribution >= 4 is 17.3 Å². The fourth-order valence-corrected chi connectivity index (χ4v) is 2.82. The highest BCUT2D eigenvalue weighted by molar-refractivity contribution is 5.95. The zero-order valence-electron chi connectivity index (χ0n) is 16.8. The van der Waals surface area contributed by atoms with Gasteiger partial charge in [-0.3, -0.25) is 30.7 Å². The predicted molar refractivity (Wildman–Crippen MR) is 107 cm³/mol. The van der Waals surface area contributed by atoms with Crippen molar-refractivity contribution in [3.05, 3.63) is 69.3 Å². The molecular formula is C20H23F3N4O3. The molecule has 0 radical (unpaired) electrons. The van der Waals surface area contributed by atoms with E-state index in [-0.39, 0.29) is 5.69 Å². The quantitative estimate of drug-likeness (QED) is 0.478. The summed E-state index contributed by atoms with van der Waals surface area (Å²) in [5, 5.41) is 11.1. The Morgan fingerprint density at radius 2 is 1.80 bits per heavy atom. The summed E-state index contributed by atoms with van der Waals surface area (Å²) in [4.78, 5) is 24.7. The third-order valence-corrected chi connectivity index (χ3v) is 4.57. The number of hydrazine groups is 1. The molecule has 2 aromatic rings. The van der Waals surface area contributed by atoms with E-state index in [4.69, 9.17) is 0 Å². The number of nitrogens with one attached hydrogen (secondary N) is 2. The van der Waals surface area contributed by atoms with Gasteiger partial charge in [-0.05, 0) is 50.2 Å². The lowest BCUT2D eigenvalue weighted by Gasteiger charge is -2.24. The van der Waals surface area contributed by atoms with Crippen molar-refractivity contribution in [2.75, 3.05) is 12.0 Å². The minimum Gasteiger partial charge on any atom is -0.297 e. The highest BCUT2D eigenvalue weighted by Crippen LogP contribution is 2.34. The average molecular weight is 424 g/mol. The van der Waals surface area contributed by atoms with Crippen LogP contribution in [0.3, 0.4) is 0 Å². The van der Waals surface area contributed by atoms with Gasteiger partial charge in [0.15, 0.2) is 0 Å². The molecule has 30 heavy (non-hydrogen) atoms. The van der Waals surface area contributed by atoms with Crippen LogP contribution in [0.4, 0.5) is 24.5 Å². The molecule has 0 aliphatic carbocycles. The summed E-state index contributed by atoms with van der Waals surface area (Å²) < 4.78 is 38.3. The molecular weight excluding hydrogens is 401 g/mol. The molecule has 0 aliphatic rings. The highest BCUT2D eigenvalue weighted by atomic mass is 19.4. The molecule has 0 spiro atoms. The summed E-state index contributed by atoms with van der Waals surface area (Å²) in [6.45, 7) is 7.87. The number of hydrogen-bond donors (Lipinski definition) is 2. The number of carbonyl (C=O) groups is 1. The van der Waals surface area contributed by atoms with Crippen molar-refractivity contribution in [3.63, 3.8) is 0 Å². The molecule has 0 fully saturated rings. The maximum atomic E-state index is 12.8. The summed E-state index contributed by atoms with van der Waals surface area (Å²) in [5.41, 5.74) is 3.72. The number of nitro groups is 1. The number of amides is 1. The molecule has 0 saturated carbocycles. The summed E-state index contributed by atoms with van der Waals surface area (Å²) in [5.74, 6) is -0.577. The molecule has 0 aliphatic heterocycles. The number of nitrogens with zero attached hydrogens (tertiary/aromatic N) is 2. The van der Waals surface area contributed by atoms with Crippen LogP contribution in [0, 0.1) is 10.1 Å².